The largest absolute Gasteiger partial charge is 0.870 e. The molecular weight excluding hydrogens is 529 g/mol. The molecular formula is C29H25Cl2NO6. The third-order valence-electron chi connectivity index (χ3n) is 5.89. The number of ether oxygens (including phenoxy) is 3. The zero-order valence-electron chi connectivity index (χ0n) is 20.6. The Balaban J connectivity index is 0.00000400. The van der Waals surface area contributed by atoms with Crippen LogP contribution in [0, 0.1) is 0 Å². The van der Waals surface area contributed by atoms with Gasteiger partial charge in [-0.3, -0.25) is 4.79 Å². The maximum atomic E-state index is 13.4. The summed E-state index contributed by atoms with van der Waals surface area (Å²) in [6.45, 7) is 0. The average Bonchev–Trinajstić information content (AvgIpc) is 2.94. The molecule has 0 aliphatic heterocycles. The number of esters is 1. The Morgan fingerprint density at radius 3 is 2.21 bits per heavy atom. The molecule has 0 radical (unpaired) electrons. The number of aromatic nitrogens is 1. The second-order valence-electron chi connectivity index (χ2n) is 8.16. The van der Waals surface area contributed by atoms with Gasteiger partial charge < -0.3 is 19.7 Å². The summed E-state index contributed by atoms with van der Waals surface area (Å²) in [6, 6.07) is 19.5. The van der Waals surface area contributed by atoms with Crippen molar-refractivity contribution < 1.29 is 34.3 Å². The number of carbonyl (C=O) groups excluding carboxylic acids is 2. The van der Waals surface area contributed by atoms with Gasteiger partial charge in [0.25, 0.3) is 0 Å². The number of methoxy groups -OCH3 is 2. The Hall–Kier alpha value is -3.91. The van der Waals surface area contributed by atoms with Crippen molar-refractivity contribution in [3.8, 4) is 22.6 Å². The summed E-state index contributed by atoms with van der Waals surface area (Å²) < 4.78 is 16.8. The minimum absolute atomic E-state index is 0. The number of hydrogen-bond donors (Lipinski definition) is 0. The fourth-order valence-corrected chi connectivity index (χ4v) is 4.45. The van der Waals surface area contributed by atoms with E-state index in [1.54, 1.807) is 68.0 Å². The van der Waals surface area contributed by atoms with Gasteiger partial charge in [-0.05, 0) is 41.0 Å². The predicted octanol–water partition coefficient (Wildman–Crippen LogP) is 6.27. The second kappa shape index (κ2) is 13.1. The summed E-state index contributed by atoms with van der Waals surface area (Å²) in [4.78, 5) is 27.2. The molecule has 9 heteroatoms. The topological polar surface area (TPSA) is 106 Å². The number of pyridine rings is 1. The highest BCUT2D eigenvalue weighted by molar-refractivity contribution is 6.35. The Morgan fingerprint density at radius 1 is 0.895 bits per heavy atom. The minimum Gasteiger partial charge on any atom is -0.870 e. The molecule has 0 aliphatic rings. The first-order valence-electron chi connectivity index (χ1n) is 11.4. The predicted molar refractivity (Wildman–Crippen MR) is 144 cm³/mol. The van der Waals surface area contributed by atoms with Gasteiger partial charge in [-0.2, -0.15) is 0 Å². The van der Waals surface area contributed by atoms with Crippen LogP contribution < -0.4 is 14.5 Å². The van der Waals surface area contributed by atoms with Gasteiger partial charge in [0.2, 0.25) is 0 Å². The molecule has 0 spiro atoms. The van der Waals surface area contributed by atoms with Crippen molar-refractivity contribution in [1.29, 1.82) is 0 Å². The lowest BCUT2D eigenvalue weighted by Gasteiger charge is -2.21. The molecule has 4 rings (SSSR count). The van der Waals surface area contributed by atoms with Crippen molar-refractivity contribution in [3.05, 3.63) is 111 Å². The first-order valence-corrected chi connectivity index (χ1v) is 12.1. The lowest BCUT2D eigenvalue weighted by atomic mass is 10.0. The number of H-pyrrole nitrogens is 1. The van der Waals surface area contributed by atoms with Gasteiger partial charge in [0.1, 0.15) is 22.4 Å². The molecule has 7 nitrogen and oxygen atoms in total. The molecule has 0 fully saturated rings. The first-order chi connectivity index (χ1) is 17.9. The monoisotopic (exact) mass is 553 g/mol. The van der Waals surface area contributed by atoms with Crippen molar-refractivity contribution in [1.82, 2.24) is 0 Å². The molecule has 4 aromatic rings. The maximum Gasteiger partial charge on any atom is 0.338 e. The minimum atomic E-state index is -0.722. The van der Waals surface area contributed by atoms with Crippen LogP contribution in [0.4, 0.5) is 0 Å². The van der Waals surface area contributed by atoms with E-state index in [0.29, 0.717) is 43.8 Å². The van der Waals surface area contributed by atoms with Gasteiger partial charge >= 0.3 is 5.97 Å². The number of hydrogen-bond acceptors (Lipinski definition) is 6. The molecule has 3 aromatic carbocycles. The molecule has 2 N–H and O–H groups in total. The molecule has 38 heavy (non-hydrogen) atoms. The number of nitrogens with one attached hydrogen (secondary N) is 1. The van der Waals surface area contributed by atoms with E-state index in [4.69, 9.17) is 37.4 Å². The Kier molecular flexibility index (Phi) is 9.85. The van der Waals surface area contributed by atoms with Crippen molar-refractivity contribution in [2.75, 3.05) is 14.2 Å². The molecule has 1 heterocycles. The van der Waals surface area contributed by atoms with Crippen molar-refractivity contribution >= 4 is 35.5 Å². The number of carbonyl (C=O) groups is 2. The highest BCUT2D eigenvalue weighted by atomic mass is 35.5. The zero-order chi connectivity index (χ0) is 26.4. The SMILES string of the molecule is COc1ccc([C@H](Cc2c(Cl)c[nH+]cc2Cl)OC(=O)c2cccc(-c3ccc(C=O)cc3)c2)cc1OC.[OH-]. The summed E-state index contributed by atoms with van der Waals surface area (Å²) in [7, 11) is 3.09. The van der Waals surface area contributed by atoms with Crippen molar-refractivity contribution in [3.63, 3.8) is 0 Å². The van der Waals surface area contributed by atoms with Crippen LogP contribution in [0.2, 0.25) is 10.0 Å². The fourth-order valence-electron chi connectivity index (χ4n) is 3.91. The molecule has 0 saturated carbocycles. The standard InChI is InChI=1S/C29H23Cl2NO5.H2O/c1-35-26-11-10-21(13-28(26)36-2)27(14-23-24(30)15-32-16-25(23)31)37-29(34)22-5-3-4-20(12-22)19-8-6-18(17-33)7-9-19;/h3-13,15-17,27H,14H2,1-2H3;1H2/t27-;/m0./s1. The molecule has 0 bridgehead atoms. The van der Waals surface area contributed by atoms with Crippen molar-refractivity contribution in [2.45, 2.75) is 12.5 Å². The normalized spacial score (nSPS) is 11.2. The molecule has 0 saturated heterocycles. The molecule has 1 aromatic heterocycles. The van der Waals surface area contributed by atoms with E-state index in [9.17, 15) is 9.59 Å². The lowest BCUT2D eigenvalue weighted by molar-refractivity contribution is -0.377. The van der Waals surface area contributed by atoms with Crippen LogP contribution in [-0.2, 0) is 11.2 Å². The smallest absolute Gasteiger partial charge is 0.338 e. The van der Waals surface area contributed by atoms with Crippen LogP contribution in [0.15, 0.2) is 79.1 Å². The Labute approximate surface area is 230 Å². The third-order valence-corrected chi connectivity index (χ3v) is 6.57. The Bertz CT molecular complexity index is 1410. The van der Waals surface area contributed by atoms with Gasteiger partial charge in [-0.25, -0.2) is 9.78 Å². The van der Waals surface area contributed by atoms with E-state index >= 15 is 0 Å². The Morgan fingerprint density at radius 2 is 1.58 bits per heavy atom. The molecule has 0 amide bonds. The second-order valence-corrected chi connectivity index (χ2v) is 8.98. The van der Waals surface area contributed by atoms with E-state index in [2.05, 4.69) is 4.98 Å². The molecule has 1 atom stereocenters. The summed E-state index contributed by atoms with van der Waals surface area (Å²) >= 11 is 12.8. The van der Waals surface area contributed by atoms with Crippen LogP contribution in [0.5, 0.6) is 11.5 Å². The summed E-state index contributed by atoms with van der Waals surface area (Å²) in [5.41, 5.74) is 3.97. The molecule has 0 aliphatic carbocycles. The first kappa shape index (κ1) is 28.7. The van der Waals surface area contributed by atoms with Crippen LogP contribution in [-0.4, -0.2) is 32.0 Å². The van der Waals surface area contributed by atoms with Crippen LogP contribution in [0.3, 0.4) is 0 Å². The number of aldehydes is 1. The van der Waals surface area contributed by atoms with Gasteiger partial charge in [-0.15, -0.1) is 0 Å². The van der Waals surface area contributed by atoms with Gasteiger partial charge in [-0.1, -0.05) is 65.7 Å². The molecule has 196 valence electrons. The fraction of sp³-hybridized carbons (Fsp3) is 0.138. The quantitative estimate of drug-likeness (QED) is 0.178. The van der Waals surface area contributed by atoms with E-state index in [-0.39, 0.29) is 11.9 Å². The summed E-state index contributed by atoms with van der Waals surface area (Å²) in [5.74, 6) is 0.538. The summed E-state index contributed by atoms with van der Waals surface area (Å²) in [6.07, 6.45) is 3.54. The van der Waals surface area contributed by atoms with Gasteiger partial charge in [0.05, 0.1) is 19.8 Å². The van der Waals surface area contributed by atoms with E-state index in [1.807, 2.05) is 18.2 Å². The average molecular weight is 554 g/mol. The zero-order valence-corrected chi connectivity index (χ0v) is 22.1. The van der Waals surface area contributed by atoms with Crippen LogP contribution >= 0.6 is 23.2 Å². The van der Waals surface area contributed by atoms with E-state index in [1.165, 1.54) is 7.11 Å². The van der Waals surface area contributed by atoms with E-state index in [0.717, 1.165) is 17.4 Å². The lowest BCUT2D eigenvalue weighted by Crippen LogP contribution is -2.16. The van der Waals surface area contributed by atoms with Gasteiger partial charge in [0, 0.05) is 17.5 Å². The molecule has 0 unspecified atom stereocenters. The number of halogens is 2. The van der Waals surface area contributed by atoms with Gasteiger partial charge in [0.15, 0.2) is 23.9 Å². The number of benzene rings is 3. The number of rotatable bonds is 9. The third kappa shape index (κ3) is 6.50. The highest BCUT2D eigenvalue weighted by Crippen LogP contribution is 2.35. The van der Waals surface area contributed by atoms with Crippen LogP contribution in [0.25, 0.3) is 11.1 Å². The highest BCUT2D eigenvalue weighted by Gasteiger charge is 2.24. The maximum absolute atomic E-state index is 13.4. The summed E-state index contributed by atoms with van der Waals surface area (Å²) in [5, 5.41) is 0.851. The van der Waals surface area contributed by atoms with Crippen LogP contribution in [0.1, 0.15) is 37.9 Å². The van der Waals surface area contributed by atoms with Crippen molar-refractivity contribution in [2.24, 2.45) is 0 Å². The number of aromatic amines is 1. The van der Waals surface area contributed by atoms with E-state index < -0.39 is 12.1 Å².